The van der Waals surface area contributed by atoms with E-state index in [4.69, 9.17) is 5.11 Å². The van der Waals surface area contributed by atoms with Crippen molar-refractivity contribution in [3.05, 3.63) is 34.3 Å². The average molecular weight is 309 g/mol. The standard InChI is InChI=1S/C12H15N5O3S/c1-8-14-4-9(21-8)5-15-12(20)13-2-3-17-6-10(11(18)19)16-7-17/h4,6-7H,2-3,5H2,1H3,(H,18,19)(H2,13,15,20). The van der Waals surface area contributed by atoms with Gasteiger partial charge in [0, 0.05) is 30.4 Å². The minimum Gasteiger partial charge on any atom is -0.476 e. The van der Waals surface area contributed by atoms with Gasteiger partial charge in [0.25, 0.3) is 0 Å². The van der Waals surface area contributed by atoms with Gasteiger partial charge in [0.1, 0.15) is 0 Å². The minimum atomic E-state index is -1.07. The highest BCUT2D eigenvalue weighted by Crippen LogP contribution is 2.10. The fourth-order valence-electron chi connectivity index (χ4n) is 1.61. The van der Waals surface area contributed by atoms with Crippen molar-refractivity contribution in [2.24, 2.45) is 0 Å². The summed E-state index contributed by atoms with van der Waals surface area (Å²) < 4.78 is 1.61. The molecule has 2 rings (SSSR count). The predicted octanol–water partition coefficient (Wildman–Crippen LogP) is 0.846. The van der Waals surface area contributed by atoms with E-state index in [-0.39, 0.29) is 11.7 Å². The number of carbonyl (C=O) groups is 2. The van der Waals surface area contributed by atoms with Crippen LogP contribution in [0, 0.1) is 6.92 Å². The maximum absolute atomic E-state index is 11.6. The van der Waals surface area contributed by atoms with Gasteiger partial charge in [-0.15, -0.1) is 11.3 Å². The van der Waals surface area contributed by atoms with Gasteiger partial charge < -0.3 is 20.3 Å². The highest BCUT2D eigenvalue weighted by Gasteiger charge is 2.06. The van der Waals surface area contributed by atoms with E-state index in [1.807, 2.05) is 6.92 Å². The van der Waals surface area contributed by atoms with E-state index in [0.29, 0.717) is 19.6 Å². The topological polar surface area (TPSA) is 109 Å². The summed E-state index contributed by atoms with van der Waals surface area (Å²) in [5, 5.41) is 15.1. The maximum Gasteiger partial charge on any atom is 0.356 e. The molecule has 0 atom stereocenters. The Bertz CT molecular complexity index is 636. The number of hydrogen-bond donors (Lipinski definition) is 3. The molecule has 2 amide bonds. The number of hydrogen-bond acceptors (Lipinski definition) is 5. The molecule has 21 heavy (non-hydrogen) atoms. The molecule has 0 saturated heterocycles. The van der Waals surface area contributed by atoms with E-state index in [1.54, 1.807) is 10.8 Å². The molecule has 0 spiro atoms. The Morgan fingerprint density at radius 1 is 1.38 bits per heavy atom. The number of amides is 2. The van der Waals surface area contributed by atoms with Gasteiger partial charge in [-0.3, -0.25) is 0 Å². The summed E-state index contributed by atoms with van der Waals surface area (Å²) in [7, 11) is 0. The van der Waals surface area contributed by atoms with Crippen LogP contribution in [0.5, 0.6) is 0 Å². The molecule has 0 aliphatic rings. The third-order valence-corrected chi connectivity index (χ3v) is 3.51. The first-order valence-corrected chi connectivity index (χ1v) is 7.04. The highest BCUT2D eigenvalue weighted by atomic mass is 32.1. The lowest BCUT2D eigenvalue weighted by Crippen LogP contribution is -2.36. The molecule has 3 N–H and O–H groups in total. The SMILES string of the molecule is Cc1ncc(CNC(=O)NCCn2cnc(C(=O)O)c2)s1. The van der Waals surface area contributed by atoms with Crippen molar-refractivity contribution in [1.29, 1.82) is 0 Å². The molecule has 0 radical (unpaired) electrons. The number of rotatable bonds is 6. The molecule has 0 fully saturated rings. The molecule has 0 saturated carbocycles. The molecule has 0 aromatic carbocycles. The van der Waals surface area contributed by atoms with Crippen LogP contribution < -0.4 is 10.6 Å². The van der Waals surface area contributed by atoms with Gasteiger partial charge in [0.2, 0.25) is 0 Å². The second-order valence-corrected chi connectivity index (χ2v) is 5.58. The summed E-state index contributed by atoms with van der Waals surface area (Å²) >= 11 is 1.53. The van der Waals surface area contributed by atoms with Crippen LogP contribution in [-0.4, -0.2) is 38.2 Å². The van der Waals surface area contributed by atoms with Crippen LogP contribution in [0.15, 0.2) is 18.7 Å². The third-order valence-electron chi connectivity index (χ3n) is 2.60. The minimum absolute atomic E-state index is 0.0139. The van der Waals surface area contributed by atoms with E-state index >= 15 is 0 Å². The molecular formula is C12H15N5O3S. The summed E-state index contributed by atoms with van der Waals surface area (Å²) in [6.07, 6.45) is 4.57. The van der Waals surface area contributed by atoms with E-state index in [1.165, 1.54) is 23.9 Å². The van der Waals surface area contributed by atoms with Crippen molar-refractivity contribution < 1.29 is 14.7 Å². The third kappa shape index (κ3) is 4.56. The quantitative estimate of drug-likeness (QED) is 0.733. The maximum atomic E-state index is 11.6. The molecule has 0 bridgehead atoms. The summed E-state index contributed by atoms with van der Waals surface area (Å²) in [4.78, 5) is 31.0. The van der Waals surface area contributed by atoms with Crippen molar-refractivity contribution in [3.63, 3.8) is 0 Å². The van der Waals surface area contributed by atoms with Crippen molar-refractivity contribution in [2.45, 2.75) is 20.0 Å². The fraction of sp³-hybridized carbons (Fsp3) is 0.333. The van der Waals surface area contributed by atoms with Crippen LogP contribution in [0.4, 0.5) is 4.79 Å². The zero-order chi connectivity index (χ0) is 15.2. The first-order chi connectivity index (χ1) is 10.0. The van der Waals surface area contributed by atoms with Gasteiger partial charge in [-0.25, -0.2) is 19.6 Å². The Kier molecular flexibility index (Phi) is 4.88. The molecule has 9 heteroatoms. The number of thiazole rings is 1. The Labute approximate surface area is 124 Å². The number of carbonyl (C=O) groups excluding carboxylic acids is 1. The lowest BCUT2D eigenvalue weighted by molar-refractivity contribution is 0.0691. The molecule has 0 aliphatic carbocycles. The first kappa shape index (κ1) is 15.0. The number of urea groups is 1. The summed E-state index contributed by atoms with van der Waals surface area (Å²) in [5.41, 5.74) is -0.0139. The number of nitrogens with zero attached hydrogens (tertiary/aromatic N) is 3. The largest absolute Gasteiger partial charge is 0.476 e. The summed E-state index contributed by atoms with van der Waals surface area (Å²) in [5.74, 6) is -1.07. The number of nitrogens with one attached hydrogen (secondary N) is 2. The normalized spacial score (nSPS) is 10.3. The molecule has 2 heterocycles. The predicted molar refractivity (Wildman–Crippen MR) is 76.3 cm³/mol. The Hall–Kier alpha value is -2.42. The molecule has 112 valence electrons. The monoisotopic (exact) mass is 309 g/mol. The van der Waals surface area contributed by atoms with Crippen LogP contribution in [0.3, 0.4) is 0 Å². The number of carboxylic acid groups (broad SMARTS) is 1. The van der Waals surface area contributed by atoms with Gasteiger partial charge in [-0.1, -0.05) is 0 Å². The zero-order valence-corrected chi connectivity index (χ0v) is 12.2. The van der Waals surface area contributed by atoms with Gasteiger partial charge in [0.05, 0.1) is 17.9 Å². The van der Waals surface area contributed by atoms with Crippen LogP contribution in [0.2, 0.25) is 0 Å². The van der Waals surface area contributed by atoms with Crippen molar-refractivity contribution >= 4 is 23.3 Å². The van der Waals surface area contributed by atoms with E-state index < -0.39 is 5.97 Å². The fourth-order valence-corrected chi connectivity index (χ4v) is 2.34. The number of aromatic carboxylic acids is 1. The highest BCUT2D eigenvalue weighted by molar-refractivity contribution is 7.11. The van der Waals surface area contributed by atoms with Gasteiger partial charge in [-0.05, 0) is 6.92 Å². The second-order valence-electron chi connectivity index (χ2n) is 4.26. The van der Waals surface area contributed by atoms with Gasteiger partial charge in [0.15, 0.2) is 5.69 Å². The van der Waals surface area contributed by atoms with Crippen molar-refractivity contribution in [1.82, 2.24) is 25.2 Å². The average Bonchev–Trinajstić information content (AvgIpc) is 3.05. The number of imidazole rings is 1. The van der Waals surface area contributed by atoms with Crippen molar-refractivity contribution in [2.75, 3.05) is 6.54 Å². The van der Waals surface area contributed by atoms with Crippen molar-refractivity contribution in [3.8, 4) is 0 Å². The molecule has 2 aromatic rings. The van der Waals surface area contributed by atoms with E-state index in [0.717, 1.165) is 9.88 Å². The Morgan fingerprint density at radius 2 is 2.19 bits per heavy atom. The lowest BCUT2D eigenvalue weighted by Gasteiger charge is -2.06. The summed E-state index contributed by atoms with van der Waals surface area (Å²) in [6, 6.07) is -0.278. The van der Waals surface area contributed by atoms with Crippen LogP contribution in [-0.2, 0) is 13.1 Å². The van der Waals surface area contributed by atoms with Crippen LogP contribution in [0.1, 0.15) is 20.4 Å². The molecule has 0 aliphatic heterocycles. The number of carboxylic acids is 1. The molecule has 0 unspecified atom stereocenters. The number of aryl methyl sites for hydroxylation is 1. The van der Waals surface area contributed by atoms with E-state index in [9.17, 15) is 9.59 Å². The Morgan fingerprint density at radius 3 is 2.81 bits per heavy atom. The first-order valence-electron chi connectivity index (χ1n) is 6.22. The molecular weight excluding hydrogens is 294 g/mol. The lowest BCUT2D eigenvalue weighted by atomic mass is 10.5. The van der Waals surface area contributed by atoms with Gasteiger partial charge >= 0.3 is 12.0 Å². The zero-order valence-electron chi connectivity index (χ0n) is 11.4. The number of aromatic nitrogens is 3. The second kappa shape index (κ2) is 6.84. The molecule has 2 aromatic heterocycles. The summed E-state index contributed by atoms with van der Waals surface area (Å²) in [6.45, 7) is 3.17. The molecule has 8 nitrogen and oxygen atoms in total. The smallest absolute Gasteiger partial charge is 0.356 e. The van der Waals surface area contributed by atoms with Crippen LogP contribution >= 0.6 is 11.3 Å². The van der Waals surface area contributed by atoms with Crippen LogP contribution in [0.25, 0.3) is 0 Å². The van der Waals surface area contributed by atoms with E-state index in [2.05, 4.69) is 20.6 Å². The van der Waals surface area contributed by atoms with Gasteiger partial charge in [-0.2, -0.15) is 0 Å². The Balaban J connectivity index is 1.67.